The highest BCUT2D eigenvalue weighted by atomic mass is 35.5. The van der Waals surface area contributed by atoms with E-state index in [1.807, 2.05) is 31.2 Å². The zero-order chi connectivity index (χ0) is 13.9. The molecule has 102 valence electrons. The van der Waals surface area contributed by atoms with Crippen molar-refractivity contribution >= 4 is 28.2 Å². The maximum atomic E-state index is 9.28. The number of halogens is 1. The molecule has 0 saturated carbocycles. The van der Waals surface area contributed by atoms with Gasteiger partial charge in [0.2, 0.25) is 0 Å². The van der Waals surface area contributed by atoms with E-state index in [0.29, 0.717) is 11.6 Å². The minimum atomic E-state index is -0.569. The fourth-order valence-corrected chi connectivity index (χ4v) is 1.97. The van der Waals surface area contributed by atoms with Crippen LogP contribution in [0.25, 0.3) is 10.9 Å². The number of hydrogen-bond acceptors (Lipinski definition) is 4. The van der Waals surface area contributed by atoms with Gasteiger partial charge in [0.15, 0.2) is 0 Å². The number of benzene rings is 1. The number of rotatable bonds is 5. The Hall–Kier alpha value is -1.36. The number of hydrogen-bond donors (Lipinski definition) is 3. The standard InChI is InChI=1S/C14H17ClN2O2/c1-14(8-18,9-19)7-17-12-5-4-11(15)10-3-2-6-16-13(10)12/h2-6,17-19H,7-9H2,1H3. The third-order valence-corrected chi connectivity index (χ3v) is 3.52. The fourth-order valence-electron chi connectivity index (χ4n) is 1.75. The van der Waals surface area contributed by atoms with Crippen molar-refractivity contribution in [1.82, 2.24) is 4.98 Å². The molecule has 2 rings (SSSR count). The van der Waals surface area contributed by atoms with Gasteiger partial charge in [0.25, 0.3) is 0 Å². The lowest BCUT2D eigenvalue weighted by molar-refractivity contribution is 0.0807. The van der Waals surface area contributed by atoms with Crippen LogP contribution in [0, 0.1) is 5.41 Å². The van der Waals surface area contributed by atoms with Gasteiger partial charge < -0.3 is 15.5 Å². The average molecular weight is 281 g/mol. The molecule has 1 aromatic carbocycles. The Balaban J connectivity index is 2.29. The van der Waals surface area contributed by atoms with E-state index in [9.17, 15) is 10.2 Å². The van der Waals surface area contributed by atoms with Crippen molar-refractivity contribution in [1.29, 1.82) is 0 Å². The predicted molar refractivity (Wildman–Crippen MR) is 77.5 cm³/mol. The Morgan fingerprint density at radius 1 is 1.26 bits per heavy atom. The van der Waals surface area contributed by atoms with Crippen molar-refractivity contribution in [3.05, 3.63) is 35.5 Å². The summed E-state index contributed by atoms with van der Waals surface area (Å²) < 4.78 is 0. The van der Waals surface area contributed by atoms with Gasteiger partial charge in [-0.05, 0) is 24.3 Å². The Morgan fingerprint density at radius 3 is 2.68 bits per heavy atom. The van der Waals surface area contributed by atoms with Crippen molar-refractivity contribution in [2.45, 2.75) is 6.92 Å². The number of aliphatic hydroxyl groups excluding tert-OH is 2. The highest BCUT2D eigenvalue weighted by molar-refractivity contribution is 6.35. The van der Waals surface area contributed by atoms with Crippen LogP contribution in [0.5, 0.6) is 0 Å². The van der Waals surface area contributed by atoms with E-state index in [1.54, 1.807) is 6.20 Å². The fraction of sp³-hybridized carbons (Fsp3) is 0.357. The second-order valence-electron chi connectivity index (χ2n) is 4.97. The largest absolute Gasteiger partial charge is 0.396 e. The smallest absolute Gasteiger partial charge is 0.0948 e. The number of pyridine rings is 1. The van der Waals surface area contributed by atoms with E-state index < -0.39 is 5.41 Å². The van der Waals surface area contributed by atoms with Crippen molar-refractivity contribution < 1.29 is 10.2 Å². The summed E-state index contributed by atoms with van der Waals surface area (Å²) in [5.74, 6) is 0. The van der Waals surface area contributed by atoms with Crippen LogP contribution in [0.2, 0.25) is 5.02 Å². The number of anilines is 1. The van der Waals surface area contributed by atoms with Crippen LogP contribution >= 0.6 is 11.6 Å². The molecule has 0 atom stereocenters. The summed E-state index contributed by atoms with van der Waals surface area (Å²) in [6.45, 7) is 2.09. The molecule has 1 heterocycles. The molecule has 4 nitrogen and oxygen atoms in total. The van der Waals surface area contributed by atoms with E-state index in [-0.39, 0.29) is 13.2 Å². The molecule has 0 aliphatic rings. The van der Waals surface area contributed by atoms with E-state index in [2.05, 4.69) is 10.3 Å². The molecule has 0 unspecified atom stereocenters. The van der Waals surface area contributed by atoms with E-state index in [4.69, 9.17) is 11.6 Å². The second kappa shape index (κ2) is 5.74. The van der Waals surface area contributed by atoms with Crippen molar-refractivity contribution in [3.63, 3.8) is 0 Å². The lowest BCUT2D eigenvalue weighted by Gasteiger charge is -2.25. The van der Waals surface area contributed by atoms with Crippen LogP contribution in [-0.2, 0) is 0 Å². The molecular formula is C14H17ClN2O2. The molecule has 1 aromatic heterocycles. The highest BCUT2D eigenvalue weighted by Crippen LogP contribution is 2.28. The molecule has 2 aromatic rings. The van der Waals surface area contributed by atoms with Gasteiger partial charge in [0, 0.05) is 23.5 Å². The third-order valence-electron chi connectivity index (χ3n) is 3.19. The molecule has 0 amide bonds. The van der Waals surface area contributed by atoms with Gasteiger partial charge in [-0.3, -0.25) is 4.98 Å². The molecule has 0 saturated heterocycles. The second-order valence-corrected chi connectivity index (χ2v) is 5.38. The van der Waals surface area contributed by atoms with Gasteiger partial charge in [-0.2, -0.15) is 0 Å². The van der Waals surface area contributed by atoms with Gasteiger partial charge in [-0.1, -0.05) is 18.5 Å². The summed E-state index contributed by atoms with van der Waals surface area (Å²) >= 11 is 6.13. The zero-order valence-electron chi connectivity index (χ0n) is 10.7. The minimum Gasteiger partial charge on any atom is -0.396 e. The summed E-state index contributed by atoms with van der Waals surface area (Å²) in [5.41, 5.74) is 1.06. The monoisotopic (exact) mass is 280 g/mol. The maximum Gasteiger partial charge on any atom is 0.0948 e. The number of nitrogens with zero attached hydrogens (tertiary/aromatic N) is 1. The van der Waals surface area contributed by atoms with Crippen molar-refractivity contribution in [2.75, 3.05) is 25.1 Å². The predicted octanol–water partition coefficient (Wildman–Crippen LogP) is 2.29. The lowest BCUT2D eigenvalue weighted by Crippen LogP contribution is -2.34. The van der Waals surface area contributed by atoms with Crippen LogP contribution in [0.3, 0.4) is 0 Å². The summed E-state index contributed by atoms with van der Waals surface area (Å²) in [6.07, 6.45) is 1.71. The number of nitrogens with one attached hydrogen (secondary N) is 1. The summed E-state index contributed by atoms with van der Waals surface area (Å²) in [6, 6.07) is 7.41. The first-order valence-corrected chi connectivity index (χ1v) is 6.46. The molecule has 0 fully saturated rings. The summed E-state index contributed by atoms with van der Waals surface area (Å²) in [5, 5.41) is 23.3. The first kappa shape index (κ1) is 14.1. The topological polar surface area (TPSA) is 65.4 Å². The normalized spacial score (nSPS) is 11.8. The summed E-state index contributed by atoms with van der Waals surface area (Å²) in [4.78, 5) is 4.32. The van der Waals surface area contributed by atoms with Crippen LogP contribution in [0.4, 0.5) is 5.69 Å². The quantitative estimate of drug-likeness (QED) is 0.786. The molecule has 19 heavy (non-hydrogen) atoms. The molecule has 0 radical (unpaired) electrons. The summed E-state index contributed by atoms with van der Waals surface area (Å²) in [7, 11) is 0. The van der Waals surface area contributed by atoms with Gasteiger partial charge in [-0.25, -0.2) is 0 Å². The Labute approximate surface area is 117 Å². The Bertz CT molecular complexity index is 570. The average Bonchev–Trinajstić information content (AvgIpc) is 2.46. The van der Waals surface area contributed by atoms with Crippen molar-refractivity contribution in [2.24, 2.45) is 5.41 Å². The zero-order valence-corrected chi connectivity index (χ0v) is 11.5. The molecule has 0 spiro atoms. The highest BCUT2D eigenvalue weighted by Gasteiger charge is 2.22. The third kappa shape index (κ3) is 2.97. The van der Waals surface area contributed by atoms with Crippen LogP contribution in [-0.4, -0.2) is 35.0 Å². The van der Waals surface area contributed by atoms with Gasteiger partial charge in [0.1, 0.15) is 0 Å². The first-order chi connectivity index (χ1) is 9.09. The maximum absolute atomic E-state index is 9.28. The lowest BCUT2D eigenvalue weighted by atomic mass is 9.93. The van der Waals surface area contributed by atoms with Gasteiger partial charge in [-0.15, -0.1) is 0 Å². The Morgan fingerprint density at radius 2 is 2.00 bits per heavy atom. The molecule has 0 aliphatic carbocycles. The van der Waals surface area contributed by atoms with E-state index in [1.165, 1.54) is 0 Å². The number of aliphatic hydroxyl groups is 2. The number of aromatic nitrogens is 1. The van der Waals surface area contributed by atoms with Crippen molar-refractivity contribution in [3.8, 4) is 0 Å². The molecule has 3 N–H and O–H groups in total. The molecule has 0 bridgehead atoms. The van der Waals surface area contributed by atoms with Crippen LogP contribution in [0.1, 0.15) is 6.92 Å². The molecular weight excluding hydrogens is 264 g/mol. The molecule has 5 heteroatoms. The SMILES string of the molecule is CC(CO)(CO)CNc1ccc(Cl)c2cccnc12. The van der Waals surface area contributed by atoms with E-state index in [0.717, 1.165) is 16.6 Å². The van der Waals surface area contributed by atoms with Gasteiger partial charge >= 0.3 is 0 Å². The van der Waals surface area contributed by atoms with Crippen LogP contribution < -0.4 is 5.32 Å². The van der Waals surface area contributed by atoms with E-state index >= 15 is 0 Å². The van der Waals surface area contributed by atoms with Crippen LogP contribution in [0.15, 0.2) is 30.5 Å². The molecule has 0 aliphatic heterocycles. The van der Waals surface area contributed by atoms with Gasteiger partial charge in [0.05, 0.1) is 29.4 Å². The Kier molecular flexibility index (Phi) is 4.24. The first-order valence-electron chi connectivity index (χ1n) is 6.08. The number of fused-ring (bicyclic) bond motifs is 1. The minimum absolute atomic E-state index is 0.0878.